The molecule has 0 saturated heterocycles. The van der Waals surface area contributed by atoms with Gasteiger partial charge in [0.2, 0.25) is 0 Å². The first kappa shape index (κ1) is 21.9. The summed E-state index contributed by atoms with van der Waals surface area (Å²) in [6, 6.07) is 22.1. The van der Waals surface area contributed by atoms with Crippen molar-refractivity contribution in [1.82, 2.24) is 5.32 Å². The number of fused-ring (bicyclic) bond motifs is 1. The SMILES string of the molecule is Cc1ccc(C)c(S(=O)(=O)N2C[C@H](C(=O)NCCc3ccccc3)Oc3ccccc32)c1. The van der Waals surface area contributed by atoms with Gasteiger partial charge in [-0.3, -0.25) is 9.10 Å². The number of rotatable bonds is 6. The van der Waals surface area contributed by atoms with Gasteiger partial charge in [0.1, 0.15) is 5.75 Å². The molecule has 1 aliphatic rings. The third kappa shape index (κ3) is 4.48. The smallest absolute Gasteiger partial charge is 0.264 e. The number of nitrogens with one attached hydrogen (secondary N) is 1. The molecule has 0 bridgehead atoms. The maximum absolute atomic E-state index is 13.6. The van der Waals surface area contributed by atoms with E-state index in [0.29, 0.717) is 30.0 Å². The van der Waals surface area contributed by atoms with Crippen molar-refractivity contribution in [1.29, 1.82) is 0 Å². The van der Waals surface area contributed by atoms with E-state index in [-0.39, 0.29) is 17.3 Å². The molecule has 0 spiro atoms. The predicted octanol–water partition coefficient (Wildman–Crippen LogP) is 3.62. The number of amides is 1. The molecule has 32 heavy (non-hydrogen) atoms. The highest BCUT2D eigenvalue weighted by atomic mass is 32.2. The van der Waals surface area contributed by atoms with Crippen LogP contribution in [-0.4, -0.2) is 33.5 Å². The minimum atomic E-state index is -3.89. The number of benzene rings is 3. The van der Waals surface area contributed by atoms with Crippen molar-refractivity contribution in [3.05, 3.63) is 89.5 Å². The molecule has 0 unspecified atom stereocenters. The number of anilines is 1. The fourth-order valence-corrected chi connectivity index (χ4v) is 5.55. The Morgan fingerprint density at radius 1 is 1.03 bits per heavy atom. The zero-order chi connectivity index (χ0) is 22.7. The topological polar surface area (TPSA) is 75.7 Å². The lowest BCUT2D eigenvalue weighted by Crippen LogP contribution is -2.51. The van der Waals surface area contributed by atoms with Crippen LogP contribution in [0.4, 0.5) is 5.69 Å². The lowest BCUT2D eigenvalue weighted by molar-refractivity contribution is -0.127. The van der Waals surface area contributed by atoms with Crippen molar-refractivity contribution in [2.24, 2.45) is 0 Å². The maximum atomic E-state index is 13.6. The molecule has 6 nitrogen and oxygen atoms in total. The van der Waals surface area contributed by atoms with Gasteiger partial charge in [-0.25, -0.2) is 8.42 Å². The lowest BCUT2D eigenvalue weighted by Gasteiger charge is -2.35. The van der Waals surface area contributed by atoms with Gasteiger partial charge in [0, 0.05) is 6.54 Å². The van der Waals surface area contributed by atoms with Crippen molar-refractivity contribution in [2.75, 3.05) is 17.4 Å². The second kappa shape index (κ2) is 9.04. The van der Waals surface area contributed by atoms with Crippen LogP contribution < -0.4 is 14.4 Å². The number of hydrogen-bond acceptors (Lipinski definition) is 4. The van der Waals surface area contributed by atoms with Crippen molar-refractivity contribution in [3.8, 4) is 5.75 Å². The molecular formula is C25H26N2O4S. The zero-order valence-corrected chi connectivity index (χ0v) is 18.9. The highest BCUT2D eigenvalue weighted by Gasteiger charge is 2.37. The van der Waals surface area contributed by atoms with E-state index >= 15 is 0 Å². The zero-order valence-electron chi connectivity index (χ0n) is 18.1. The molecule has 3 aromatic rings. The van der Waals surface area contributed by atoms with E-state index < -0.39 is 16.1 Å². The van der Waals surface area contributed by atoms with E-state index in [1.807, 2.05) is 43.3 Å². The van der Waals surface area contributed by atoms with Gasteiger partial charge in [-0.1, -0.05) is 54.6 Å². The number of para-hydroxylation sites is 2. The van der Waals surface area contributed by atoms with E-state index in [2.05, 4.69) is 5.32 Å². The van der Waals surface area contributed by atoms with Crippen LogP contribution in [0, 0.1) is 13.8 Å². The summed E-state index contributed by atoms with van der Waals surface area (Å²) in [5.41, 5.74) is 3.05. The highest BCUT2D eigenvalue weighted by molar-refractivity contribution is 7.93. The van der Waals surface area contributed by atoms with Gasteiger partial charge in [-0.05, 0) is 55.2 Å². The molecule has 3 aromatic carbocycles. The summed E-state index contributed by atoms with van der Waals surface area (Å²) in [5.74, 6) is 0.0347. The maximum Gasteiger partial charge on any atom is 0.264 e. The lowest BCUT2D eigenvalue weighted by atomic mass is 10.1. The highest BCUT2D eigenvalue weighted by Crippen LogP contribution is 2.37. The Bertz CT molecular complexity index is 1230. The van der Waals surface area contributed by atoms with Gasteiger partial charge >= 0.3 is 0 Å². The molecule has 1 amide bonds. The van der Waals surface area contributed by atoms with Gasteiger partial charge in [0.15, 0.2) is 6.10 Å². The Labute approximate surface area is 188 Å². The average molecular weight is 451 g/mol. The summed E-state index contributed by atoms with van der Waals surface area (Å²) in [6.45, 7) is 3.97. The Morgan fingerprint density at radius 2 is 1.75 bits per heavy atom. The monoisotopic (exact) mass is 450 g/mol. The number of ether oxygens (including phenoxy) is 1. The first-order valence-corrected chi connectivity index (χ1v) is 12.0. The normalized spacial score (nSPS) is 15.6. The van der Waals surface area contributed by atoms with Gasteiger partial charge < -0.3 is 10.1 Å². The molecule has 4 rings (SSSR count). The van der Waals surface area contributed by atoms with Crippen molar-refractivity contribution in [2.45, 2.75) is 31.3 Å². The molecule has 0 aliphatic carbocycles. The molecule has 1 atom stereocenters. The molecule has 166 valence electrons. The van der Waals surface area contributed by atoms with Crippen LogP contribution in [0.1, 0.15) is 16.7 Å². The number of sulfonamides is 1. The van der Waals surface area contributed by atoms with Crippen LogP contribution in [-0.2, 0) is 21.2 Å². The van der Waals surface area contributed by atoms with E-state index in [0.717, 1.165) is 11.1 Å². The first-order chi connectivity index (χ1) is 15.4. The van der Waals surface area contributed by atoms with Crippen LogP contribution in [0.2, 0.25) is 0 Å². The summed E-state index contributed by atoms with van der Waals surface area (Å²) in [7, 11) is -3.89. The fraction of sp³-hybridized carbons (Fsp3) is 0.240. The predicted molar refractivity (Wildman–Crippen MR) is 124 cm³/mol. The average Bonchev–Trinajstić information content (AvgIpc) is 2.80. The minimum absolute atomic E-state index is 0.0934. The Kier molecular flexibility index (Phi) is 6.19. The molecular weight excluding hydrogens is 424 g/mol. The number of carbonyl (C=O) groups excluding carboxylic acids is 1. The molecule has 0 fully saturated rings. The van der Waals surface area contributed by atoms with Gasteiger partial charge in [-0.15, -0.1) is 0 Å². The quantitative estimate of drug-likeness (QED) is 0.622. The third-order valence-electron chi connectivity index (χ3n) is 5.49. The van der Waals surface area contributed by atoms with Crippen molar-refractivity contribution >= 4 is 21.6 Å². The number of carbonyl (C=O) groups is 1. The van der Waals surface area contributed by atoms with Crippen molar-refractivity contribution in [3.63, 3.8) is 0 Å². The number of hydrogen-bond donors (Lipinski definition) is 1. The molecule has 1 heterocycles. The second-order valence-corrected chi connectivity index (χ2v) is 9.74. The van der Waals surface area contributed by atoms with Crippen LogP contribution in [0.3, 0.4) is 0 Å². The van der Waals surface area contributed by atoms with E-state index in [9.17, 15) is 13.2 Å². The minimum Gasteiger partial charge on any atom is -0.476 e. The Balaban J connectivity index is 1.58. The van der Waals surface area contributed by atoms with Crippen molar-refractivity contribution < 1.29 is 17.9 Å². The second-order valence-electron chi connectivity index (χ2n) is 7.91. The summed E-state index contributed by atoms with van der Waals surface area (Å²) in [4.78, 5) is 13.1. The summed E-state index contributed by atoms with van der Waals surface area (Å²) >= 11 is 0. The van der Waals surface area contributed by atoms with E-state index in [4.69, 9.17) is 4.74 Å². The summed E-state index contributed by atoms with van der Waals surface area (Å²) in [6.07, 6.45) is -0.263. The number of aryl methyl sites for hydroxylation is 2. The van der Waals surface area contributed by atoms with Gasteiger partial charge in [-0.2, -0.15) is 0 Å². The van der Waals surface area contributed by atoms with Crippen LogP contribution in [0.15, 0.2) is 77.7 Å². The molecule has 0 radical (unpaired) electrons. The standard InChI is InChI=1S/C25H26N2O4S/c1-18-12-13-19(2)24(16-18)32(29,30)27-17-23(31-22-11-7-6-10-21(22)27)25(28)26-15-14-20-8-4-3-5-9-20/h3-13,16,23H,14-15,17H2,1-2H3,(H,26,28)/t23-/m1/s1. The summed E-state index contributed by atoms with van der Waals surface area (Å²) < 4.78 is 34.4. The molecule has 0 aromatic heterocycles. The van der Waals surface area contributed by atoms with Crippen LogP contribution in [0.25, 0.3) is 0 Å². The molecule has 7 heteroatoms. The summed E-state index contributed by atoms with van der Waals surface area (Å²) in [5, 5.41) is 2.88. The Hall–Kier alpha value is -3.32. The fourth-order valence-electron chi connectivity index (χ4n) is 3.76. The van der Waals surface area contributed by atoms with Crippen LogP contribution >= 0.6 is 0 Å². The third-order valence-corrected chi connectivity index (χ3v) is 7.42. The van der Waals surface area contributed by atoms with Gasteiger partial charge in [0.05, 0.1) is 17.1 Å². The van der Waals surface area contributed by atoms with Gasteiger partial charge in [0.25, 0.3) is 15.9 Å². The number of nitrogens with zero attached hydrogens (tertiary/aromatic N) is 1. The largest absolute Gasteiger partial charge is 0.476 e. The van der Waals surface area contributed by atoms with E-state index in [1.54, 1.807) is 43.3 Å². The first-order valence-electron chi connectivity index (χ1n) is 10.5. The molecule has 1 N–H and O–H groups in total. The molecule has 1 aliphatic heterocycles. The Morgan fingerprint density at radius 3 is 2.53 bits per heavy atom. The van der Waals surface area contributed by atoms with Crippen LogP contribution in [0.5, 0.6) is 5.75 Å². The molecule has 0 saturated carbocycles. The van der Waals surface area contributed by atoms with E-state index in [1.165, 1.54) is 4.31 Å².